The molecule has 8 heteroatoms. The van der Waals surface area contributed by atoms with Gasteiger partial charge in [-0.05, 0) is 73.7 Å². The Morgan fingerprint density at radius 3 is 2.07 bits per heavy atom. The molecule has 2 aromatic rings. The number of aldehydes is 1. The molecule has 0 amide bonds. The molecule has 0 aromatic heterocycles. The molecule has 1 unspecified atom stereocenters. The predicted octanol–water partition coefficient (Wildman–Crippen LogP) is 8.29. The van der Waals surface area contributed by atoms with Crippen LogP contribution in [0.3, 0.4) is 0 Å². The summed E-state index contributed by atoms with van der Waals surface area (Å²) in [6.45, 7) is 5.98. The first-order chi connectivity index (χ1) is 21.3. The number of ether oxygens (including phenoxy) is 3. The summed E-state index contributed by atoms with van der Waals surface area (Å²) < 4.78 is 16.0. The molecule has 0 heterocycles. The lowest BCUT2D eigenvalue weighted by Crippen LogP contribution is -2.18. The van der Waals surface area contributed by atoms with Crippen molar-refractivity contribution < 1.29 is 38.5 Å². The Balaban J connectivity index is 0.000000455. The van der Waals surface area contributed by atoms with Crippen LogP contribution >= 0.6 is 0 Å². The lowest BCUT2D eigenvalue weighted by atomic mass is 10.0. The number of aryl methyl sites for hydroxylation is 1. The highest BCUT2D eigenvalue weighted by Gasteiger charge is 2.18. The largest absolute Gasteiger partial charge is 0.497 e. The smallest absolute Gasteiger partial charge is 0.338 e. The van der Waals surface area contributed by atoms with Crippen molar-refractivity contribution in [2.75, 3.05) is 7.11 Å². The van der Waals surface area contributed by atoms with Gasteiger partial charge in [-0.15, -0.1) is 0 Å². The van der Waals surface area contributed by atoms with E-state index in [1.54, 1.807) is 31.4 Å². The maximum atomic E-state index is 12.3. The van der Waals surface area contributed by atoms with Crippen LogP contribution in [0.4, 0.5) is 0 Å². The molecule has 1 aliphatic carbocycles. The SMILES string of the molecule is CCCCCC(=O)Oc1ccc(C(=O)OC2C=C(C)C(OC)=CC2)cc1.CCCCCCCc1ccc(C=O)cc1.O=CO. The fourth-order valence-corrected chi connectivity index (χ4v) is 4.40. The maximum absolute atomic E-state index is 12.3. The second kappa shape index (κ2) is 23.3. The summed E-state index contributed by atoms with van der Waals surface area (Å²) >= 11 is 0. The minimum absolute atomic E-state index is 0.250. The van der Waals surface area contributed by atoms with Gasteiger partial charge in [-0.25, -0.2) is 4.79 Å². The molecule has 0 fully saturated rings. The van der Waals surface area contributed by atoms with Crippen molar-refractivity contribution in [2.45, 2.75) is 97.5 Å². The molecule has 240 valence electrons. The molecule has 44 heavy (non-hydrogen) atoms. The molecule has 0 saturated carbocycles. The Morgan fingerprint density at radius 1 is 0.886 bits per heavy atom. The van der Waals surface area contributed by atoms with Crippen LogP contribution in [0.15, 0.2) is 72.0 Å². The summed E-state index contributed by atoms with van der Waals surface area (Å²) in [5.74, 6) is 0.581. The molecular formula is C36H48O8. The monoisotopic (exact) mass is 608 g/mol. The number of benzene rings is 2. The van der Waals surface area contributed by atoms with E-state index in [2.05, 4.69) is 26.0 Å². The second-order valence-corrected chi connectivity index (χ2v) is 10.4. The Hall–Kier alpha value is -4.20. The van der Waals surface area contributed by atoms with Gasteiger partial charge in [-0.3, -0.25) is 14.4 Å². The molecule has 0 bridgehead atoms. The predicted molar refractivity (Wildman–Crippen MR) is 172 cm³/mol. The van der Waals surface area contributed by atoms with E-state index in [0.717, 1.165) is 48.9 Å². The van der Waals surface area contributed by atoms with E-state index in [0.29, 0.717) is 24.2 Å². The third-order valence-corrected chi connectivity index (χ3v) is 6.83. The summed E-state index contributed by atoms with van der Waals surface area (Å²) in [7, 11) is 1.62. The van der Waals surface area contributed by atoms with Crippen molar-refractivity contribution in [3.63, 3.8) is 0 Å². The molecule has 0 aliphatic heterocycles. The number of methoxy groups -OCH3 is 1. The Morgan fingerprint density at radius 2 is 1.50 bits per heavy atom. The van der Waals surface area contributed by atoms with E-state index in [4.69, 9.17) is 24.1 Å². The minimum atomic E-state index is -0.408. The van der Waals surface area contributed by atoms with Crippen molar-refractivity contribution in [3.8, 4) is 5.75 Å². The first kappa shape index (κ1) is 37.8. The average molecular weight is 609 g/mol. The van der Waals surface area contributed by atoms with Gasteiger partial charge in [0.1, 0.15) is 23.9 Å². The minimum Gasteiger partial charge on any atom is -0.497 e. The molecule has 1 N–H and O–H groups in total. The third-order valence-electron chi connectivity index (χ3n) is 6.83. The summed E-state index contributed by atoms with van der Waals surface area (Å²) in [6.07, 6.45) is 16.0. The van der Waals surface area contributed by atoms with Crippen LogP contribution in [-0.4, -0.2) is 43.0 Å². The quantitative estimate of drug-likeness (QED) is 0.0929. The lowest BCUT2D eigenvalue weighted by Gasteiger charge is -2.19. The Bertz CT molecular complexity index is 1180. The fourth-order valence-electron chi connectivity index (χ4n) is 4.40. The van der Waals surface area contributed by atoms with Crippen LogP contribution in [0.5, 0.6) is 5.75 Å². The Labute approximate surface area is 262 Å². The van der Waals surface area contributed by atoms with Crippen LogP contribution in [0.2, 0.25) is 0 Å². The summed E-state index contributed by atoms with van der Waals surface area (Å²) in [5, 5.41) is 6.89. The zero-order valence-electron chi connectivity index (χ0n) is 26.6. The number of esters is 2. The van der Waals surface area contributed by atoms with E-state index in [-0.39, 0.29) is 18.5 Å². The van der Waals surface area contributed by atoms with Gasteiger partial charge in [0.05, 0.1) is 12.7 Å². The lowest BCUT2D eigenvalue weighted by molar-refractivity contribution is -0.134. The number of hydrogen-bond acceptors (Lipinski definition) is 7. The first-order valence-electron chi connectivity index (χ1n) is 15.4. The molecule has 2 aromatic carbocycles. The van der Waals surface area contributed by atoms with Crippen molar-refractivity contribution in [3.05, 3.63) is 88.7 Å². The number of hydrogen-bond donors (Lipinski definition) is 1. The highest BCUT2D eigenvalue weighted by molar-refractivity contribution is 5.89. The normalized spacial score (nSPS) is 13.4. The zero-order valence-corrected chi connectivity index (χ0v) is 26.6. The number of carbonyl (C=O) groups excluding carboxylic acids is 3. The standard InChI is InChI=1S/C21H26O5.C14H20O.CH2O2/c1-4-5-6-7-20(22)25-17-10-8-16(9-11-17)21(23)26-18-12-13-19(24-3)15(2)14-18;1-2-3-4-5-6-7-13-8-10-14(12-15)11-9-13;2-1-3/h8-11,13-14,18H,4-7,12H2,1-3H3;8-12H,2-7H2,1H3;1H,(H,2,3). The van der Waals surface area contributed by atoms with Crippen LogP contribution in [0.25, 0.3) is 0 Å². The number of carbonyl (C=O) groups is 4. The highest BCUT2D eigenvalue weighted by atomic mass is 16.5. The van der Waals surface area contributed by atoms with Crippen LogP contribution in [0.1, 0.15) is 111 Å². The van der Waals surface area contributed by atoms with Gasteiger partial charge in [0.25, 0.3) is 6.47 Å². The molecule has 1 aliphatic rings. The molecule has 1 atom stereocenters. The molecule has 0 saturated heterocycles. The summed E-state index contributed by atoms with van der Waals surface area (Å²) in [5.41, 5.74) is 3.48. The molecule has 0 radical (unpaired) electrons. The number of allylic oxidation sites excluding steroid dienone is 1. The summed E-state index contributed by atoms with van der Waals surface area (Å²) in [6, 6.07) is 14.3. The van der Waals surface area contributed by atoms with Gasteiger partial charge in [0.2, 0.25) is 0 Å². The van der Waals surface area contributed by atoms with Crippen molar-refractivity contribution >= 4 is 24.7 Å². The van der Waals surface area contributed by atoms with E-state index in [1.807, 2.05) is 31.2 Å². The van der Waals surface area contributed by atoms with Gasteiger partial charge in [0, 0.05) is 18.4 Å². The second-order valence-electron chi connectivity index (χ2n) is 10.4. The maximum Gasteiger partial charge on any atom is 0.338 e. The van der Waals surface area contributed by atoms with Crippen LogP contribution in [0, 0.1) is 0 Å². The van der Waals surface area contributed by atoms with Crippen LogP contribution in [-0.2, 0) is 25.5 Å². The van der Waals surface area contributed by atoms with Gasteiger partial charge in [-0.2, -0.15) is 0 Å². The first-order valence-corrected chi connectivity index (χ1v) is 15.4. The summed E-state index contributed by atoms with van der Waals surface area (Å²) in [4.78, 5) is 42.8. The van der Waals surface area contributed by atoms with E-state index >= 15 is 0 Å². The van der Waals surface area contributed by atoms with Crippen LogP contribution < -0.4 is 4.74 Å². The number of carboxylic acid groups (broad SMARTS) is 1. The molecule has 3 rings (SSSR count). The zero-order chi connectivity index (χ0) is 32.6. The Kier molecular flexibility index (Phi) is 20.0. The van der Waals surface area contributed by atoms with E-state index in [9.17, 15) is 14.4 Å². The van der Waals surface area contributed by atoms with Crippen molar-refractivity contribution in [1.82, 2.24) is 0 Å². The van der Waals surface area contributed by atoms with Crippen molar-refractivity contribution in [2.24, 2.45) is 0 Å². The van der Waals surface area contributed by atoms with Gasteiger partial charge < -0.3 is 19.3 Å². The van der Waals surface area contributed by atoms with Gasteiger partial charge in [-0.1, -0.05) is 76.6 Å². The highest BCUT2D eigenvalue weighted by Crippen LogP contribution is 2.22. The average Bonchev–Trinajstić information content (AvgIpc) is 3.02. The fraction of sp³-hybridized carbons (Fsp3) is 0.444. The van der Waals surface area contributed by atoms with E-state index < -0.39 is 5.97 Å². The van der Waals surface area contributed by atoms with Gasteiger partial charge >= 0.3 is 11.9 Å². The number of unbranched alkanes of at least 4 members (excludes halogenated alkanes) is 6. The molecule has 0 spiro atoms. The topological polar surface area (TPSA) is 116 Å². The van der Waals surface area contributed by atoms with E-state index in [1.165, 1.54) is 37.7 Å². The third kappa shape index (κ3) is 15.9. The van der Waals surface area contributed by atoms with Gasteiger partial charge in [0.15, 0.2) is 0 Å². The number of rotatable bonds is 15. The molecular weight excluding hydrogens is 560 g/mol. The molecule has 8 nitrogen and oxygen atoms in total. The van der Waals surface area contributed by atoms with Crippen molar-refractivity contribution in [1.29, 1.82) is 0 Å².